The molecular weight excluding hydrogens is 416 g/mol. The molecular formula is C18H20N4O5S2. The van der Waals surface area contributed by atoms with Crippen molar-refractivity contribution >= 4 is 55.7 Å². The Kier molecular flexibility index (Phi) is 5.13. The smallest absolute Gasteiger partial charge is 0.290 e. The van der Waals surface area contributed by atoms with E-state index in [2.05, 4.69) is 10.3 Å². The average molecular weight is 437 g/mol. The lowest BCUT2D eigenvalue weighted by Gasteiger charge is -2.35. The van der Waals surface area contributed by atoms with Crippen molar-refractivity contribution in [1.82, 2.24) is 14.6 Å². The zero-order valence-electron chi connectivity index (χ0n) is 15.9. The third-order valence-electron chi connectivity index (χ3n) is 4.87. The second-order valence-corrected chi connectivity index (χ2v) is 10.6. The van der Waals surface area contributed by atoms with Crippen molar-refractivity contribution in [2.24, 2.45) is 0 Å². The molecule has 2 aliphatic rings. The van der Waals surface area contributed by atoms with Gasteiger partial charge in [0.2, 0.25) is 10.0 Å². The number of pyridine rings is 1. The molecule has 2 fully saturated rings. The van der Waals surface area contributed by atoms with Crippen molar-refractivity contribution in [3.05, 3.63) is 29.1 Å². The Morgan fingerprint density at radius 1 is 1.21 bits per heavy atom. The number of nitrogens with zero attached hydrogens (tertiary/aromatic N) is 3. The molecule has 0 radical (unpaired) electrons. The minimum Gasteiger partial charge on any atom is -0.454 e. The Morgan fingerprint density at radius 2 is 1.93 bits per heavy atom. The summed E-state index contributed by atoms with van der Waals surface area (Å²) in [4.78, 5) is 29.6. The van der Waals surface area contributed by atoms with Crippen LogP contribution in [-0.2, 0) is 14.8 Å². The first kappa shape index (κ1) is 19.9. The van der Waals surface area contributed by atoms with Gasteiger partial charge in [-0.1, -0.05) is 0 Å². The van der Waals surface area contributed by atoms with E-state index in [1.807, 2.05) is 4.90 Å². The summed E-state index contributed by atoms with van der Waals surface area (Å²) in [6.45, 7) is 5.21. The van der Waals surface area contributed by atoms with E-state index in [9.17, 15) is 18.0 Å². The minimum absolute atomic E-state index is 0.274. The van der Waals surface area contributed by atoms with E-state index in [1.165, 1.54) is 10.4 Å². The Bertz CT molecular complexity index is 1110. The molecule has 2 aromatic rings. The molecule has 4 heterocycles. The number of fused-ring (bicyclic) bond motifs is 1. The standard InChI is InChI=1S/C18H20N4O5S2/c1-11(2)29(25,26)22-5-3-21(4-6-22)14-10-19-9-12-7-13(27-16(12)14)8-15-17(23)20-18(24)28-15/h7-11H,3-6H2,1-2H3,(H,20,23,24)/b15-8-. The molecule has 9 nitrogen and oxygen atoms in total. The van der Waals surface area contributed by atoms with E-state index in [1.54, 1.807) is 32.3 Å². The number of furan rings is 1. The summed E-state index contributed by atoms with van der Waals surface area (Å²) in [6, 6.07) is 1.76. The summed E-state index contributed by atoms with van der Waals surface area (Å²) in [6.07, 6.45) is 4.88. The molecule has 154 valence electrons. The Morgan fingerprint density at radius 3 is 2.55 bits per heavy atom. The van der Waals surface area contributed by atoms with Crippen molar-refractivity contribution in [3.8, 4) is 0 Å². The van der Waals surface area contributed by atoms with Crippen molar-refractivity contribution in [2.45, 2.75) is 19.1 Å². The molecule has 2 saturated heterocycles. The second-order valence-electron chi connectivity index (χ2n) is 7.06. The van der Waals surface area contributed by atoms with Gasteiger partial charge in [-0.25, -0.2) is 8.42 Å². The lowest BCUT2D eigenvalue weighted by Crippen LogP contribution is -2.50. The average Bonchev–Trinajstić information content (AvgIpc) is 3.23. The summed E-state index contributed by atoms with van der Waals surface area (Å²) in [5.74, 6) is 0.00362. The van der Waals surface area contributed by atoms with Gasteiger partial charge in [-0.05, 0) is 31.7 Å². The monoisotopic (exact) mass is 436 g/mol. The fourth-order valence-corrected chi connectivity index (χ4v) is 5.23. The first-order valence-electron chi connectivity index (χ1n) is 9.12. The number of imide groups is 1. The van der Waals surface area contributed by atoms with Gasteiger partial charge >= 0.3 is 0 Å². The molecule has 0 aliphatic carbocycles. The highest BCUT2D eigenvalue weighted by atomic mass is 32.2. The van der Waals surface area contributed by atoms with Gasteiger partial charge in [0.05, 0.1) is 22.0 Å². The molecule has 0 atom stereocenters. The molecule has 0 spiro atoms. The van der Waals surface area contributed by atoms with E-state index in [0.29, 0.717) is 37.5 Å². The fraction of sp³-hybridized carbons (Fsp3) is 0.389. The fourth-order valence-electron chi connectivity index (χ4n) is 3.30. The summed E-state index contributed by atoms with van der Waals surface area (Å²) in [5, 5.41) is 2.12. The number of hydrogen-bond donors (Lipinski definition) is 1. The van der Waals surface area contributed by atoms with E-state index in [4.69, 9.17) is 4.42 Å². The normalized spacial score (nSPS) is 20.2. The SMILES string of the molecule is CC(C)S(=O)(=O)N1CCN(c2cncc3cc(/C=C4\SC(=O)NC4=O)oc23)CC1. The van der Waals surface area contributed by atoms with Crippen molar-refractivity contribution in [2.75, 3.05) is 31.1 Å². The Balaban J connectivity index is 1.58. The first-order valence-corrected chi connectivity index (χ1v) is 11.4. The van der Waals surface area contributed by atoms with Crippen LogP contribution >= 0.6 is 11.8 Å². The molecule has 0 bridgehead atoms. The number of piperazine rings is 1. The number of aromatic nitrogens is 1. The molecule has 0 saturated carbocycles. The third kappa shape index (κ3) is 3.77. The van der Waals surface area contributed by atoms with Gasteiger partial charge in [0.1, 0.15) is 5.76 Å². The highest BCUT2D eigenvalue weighted by Crippen LogP contribution is 2.32. The number of carbonyl (C=O) groups is 2. The molecule has 29 heavy (non-hydrogen) atoms. The molecule has 2 aromatic heterocycles. The lowest BCUT2D eigenvalue weighted by molar-refractivity contribution is -0.115. The van der Waals surface area contributed by atoms with Crippen molar-refractivity contribution in [3.63, 3.8) is 0 Å². The van der Waals surface area contributed by atoms with Crippen LogP contribution in [0, 0.1) is 0 Å². The number of thioether (sulfide) groups is 1. The molecule has 0 unspecified atom stereocenters. The number of hydrogen-bond acceptors (Lipinski definition) is 8. The highest BCUT2D eigenvalue weighted by Gasteiger charge is 2.30. The maximum Gasteiger partial charge on any atom is 0.290 e. The van der Waals surface area contributed by atoms with Gasteiger partial charge in [-0.2, -0.15) is 4.31 Å². The van der Waals surface area contributed by atoms with Crippen LogP contribution in [0.2, 0.25) is 0 Å². The van der Waals surface area contributed by atoms with Gasteiger partial charge in [0, 0.05) is 43.8 Å². The Labute approximate surface area is 172 Å². The van der Waals surface area contributed by atoms with Crippen LogP contribution in [0.15, 0.2) is 27.8 Å². The molecule has 0 aromatic carbocycles. The maximum absolute atomic E-state index is 12.4. The van der Waals surface area contributed by atoms with Crippen molar-refractivity contribution in [1.29, 1.82) is 0 Å². The predicted octanol–water partition coefficient (Wildman–Crippen LogP) is 2.01. The lowest BCUT2D eigenvalue weighted by atomic mass is 10.2. The van der Waals surface area contributed by atoms with Crippen molar-refractivity contribution < 1.29 is 22.4 Å². The van der Waals surface area contributed by atoms with E-state index in [0.717, 1.165) is 22.8 Å². The summed E-state index contributed by atoms with van der Waals surface area (Å²) < 4.78 is 32.2. The van der Waals surface area contributed by atoms with Crippen LogP contribution < -0.4 is 10.2 Å². The first-order chi connectivity index (χ1) is 13.8. The van der Waals surface area contributed by atoms with Gasteiger partial charge < -0.3 is 9.32 Å². The summed E-state index contributed by atoms with van der Waals surface area (Å²) in [7, 11) is -3.27. The zero-order valence-corrected chi connectivity index (χ0v) is 17.5. The second kappa shape index (κ2) is 7.47. The van der Waals surface area contributed by atoms with Crippen LogP contribution in [0.5, 0.6) is 0 Å². The van der Waals surface area contributed by atoms with Crippen LogP contribution in [0.4, 0.5) is 10.5 Å². The summed E-state index contributed by atoms with van der Waals surface area (Å²) in [5.41, 5.74) is 1.38. The quantitative estimate of drug-likeness (QED) is 0.725. The molecule has 2 aliphatic heterocycles. The number of amides is 2. The van der Waals surface area contributed by atoms with Gasteiger partial charge in [-0.3, -0.25) is 19.9 Å². The third-order valence-corrected chi connectivity index (χ3v) is 7.96. The van der Waals surface area contributed by atoms with Crippen LogP contribution in [0.3, 0.4) is 0 Å². The summed E-state index contributed by atoms with van der Waals surface area (Å²) >= 11 is 0.829. The predicted molar refractivity (Wildman–Crippen MR) is 111 cm³/mol. The highest BCUT2D eigenvalue weighted by molar-refractivity contribution is 8.18. The number of anilines is 1. The molecule has 11 heteroatoms. The van der Waals surface area contributed by atoms with Crippen LogP contribution in [0.1, 0.15) is 19.6 Å². The molecule has 1 N–H and O–H groups in total. The zero-order chi connectivity index (χ0) is 20.8. The Hall–Kier alpha value is -2.37. The minimum atomic E-state index is -3.27. The largest absolute Gasteiger partial charge is 0.454 e. The molecule has 4 rings (SSSR count). The molecule has 2 amide bonds. The van der Waals surface area contributed by atoms with Crippen LogP contribution in [-0.4, -0.2) is 60.3 Å². The van der Waals surface area contributed by atoms with E-state index in [-0.39, 0.29) is 4.91 Å². The van der Waals surface area contributed by atoms with Gasteiger partial charge in [-0.15, -0.1) is 0 Å². The topological polar surface area (TPSA) is 113 Å². The number of sulfonamides is 1. The van der Waals surface area contributed by atoms with Gasteiger partial charge in [0.15, 0.2) is 5.58 Å². The van der Waals surface area contributed by atoms with Gasteiger partial charge in [0.25, 0.3) is 11.1 Å². The number of rotatable bonds is 4. The number of nitrogens with one attached hydrogen (secondary N) is 1. The number of carbonyl (C=O) groups excluding carboxylic acids is 2. The van der Waals surface area contributed by atoms with E-state index < -0.39 is 26.4 Å². The van der Waals surface area contributed by atoms with E-state index >= 15 is 0 Å². The maximum atomic E-state index is 12.4. The van der Waals surface area contributed by atoms with Crippen LogP contribution in [0.25, 0.3) is 17.0 Å².